The van der Waals surface area contributed by atoms with Crippen molar-refractivity contribution in [3.63, 3.8) is 0 Å². The van der Waals surface area contributed by atoms with Crippen molar-refractivity contribution in [2.45, 2.75) is 51.5 Å². The fourth-order valence-corrected chi connectivity index (χ4v) is 4.90. The molecule has 0 saturated carbocycles. The van der Waals surface area contributed by atoms with Crippen molar-refractivity contribution in [1.82, 2.24) is 9.62 Å². The van der Waals surface area contributed by atoms with E-state index in [1.54, 1.807) is 6.07 Å². The van der Waals surface area contributed by atoms with Crippen molar-refractivity contribution >= 4 is 27.5 Å². The van der Waals surface area contributed by atoms with Gasteiger partial charge in [-0.25, -0.2) is 8.42 Å². The zero-order valence-electron chi connectivity index (χ0n) is 15.3. The second-order valence-electron chi connectivity index (χ2n) is 7.26. The van der Waals surface area contributed by atoms with Crippen LogP contribution in [0.25, 0.3) is 0 Å². The minimum atomic E-state index is -3.71. The Morgan fingerprint density at radius 1 is 1.32 bits per heavy atom. The smallest absolute Gasteiger partial charge is 0.251 e. The van der Waals surface area contributed by atoms with Gasteiger partial charge in [-0.3, -0.25) is 4.79 Å². The minimum Gasteiger partial charge on any atom is -0.349 e. The molecule has 1 amide bonds. The zero-order valence-corrected chi connectivity index (χ0v) is 16.8. The lowest BCUT2D eigenvalue weighted by Gasteiger charge is -2.30. The van der Waals surface area contributed by atoms with Crippen molar-refractivity contribution in [3.05, 3.63) is 28.8 Å². The van der Waals surface area contributed by atoms with E-state index < -0.39 is 10.0 Å². The Balaban J connectivity index is 2.30. The van der Waals surface area contributed by atoms with Crippen LogP contribution in [-0.4, -0.2) is 37.8 Å². The van der Waals surface area contributed by atoms with Gasteiger partial charge in [-0.15, -0.1) is 0 Å². The molecule has 1 heterocycles. The van der Waals surface area contributed by atoms with E-state index in [0.717, 1.165) is 12.8 Å². The molecule has 0 bridgehead atoms. The molecule has 1 aromatic carbocycles. The van der Waals surface area contributed by atoms with Crippen LogP contribution in [0.5, 0.6) is 0 Å². The summed E-state index contributed by atoms with van der Waals surface area (Å²) in [4.78, 5) is 12.4. The Morgan fingerprint density at radius 3 is 2.60 bits per heavy atom. The Labute approximate surface area is 155 Å². The fraction of sp³-hybridized carbons (Fsp3) is 0.611. The zero-order chi connectivity index (χ0) is 18.8. The summed E-state index contributed by atoms with van der Waals surface area (Å²) in [6.45, 7) is 8.97. The number of nitrogens with one attached hydrogen (secondary N) is 1. The fourth-order valence-electron chi connectivity index (χ4n) is 2.80. The van der Waals surface area contributed by atoms with Crippen LogP contribution >= 0.6 is 11.6 Å². The highest BCUT2D eigenvalue weighted by Gasteiger charge is 2.31. The number of amides is 1. The third-order valence-corrected chi connectivity index (χ3v) is 7.14. The molecule has 5 nitrogen and oxygen atoms in total. The normalized spacial score (nSPS) is 20.5. The number of nitrogens with zero attached hydrogens (tertiary/aromatic N) is 1. The first kappa shape index (κ1) is 20.2. The van der Waals surface area contributed by atoms with Crippen molar-refractivity contribution < 1.29 is 13.2 Å². The molecule has 2 atom stereocenters. The highest BCUT2D eigenvalue weighted by Crippen LogP contribution is 2.29. The molecule has 7 heteroatoms. The number of halogens is 1. The highest BCUT2D eigenvalue weighted by molar-refractivity contribution is 7.89. The van der Waals surface area contributed by atoms with E-state index in [0.29, 0.717) is 24.6 Å². The summed E-state index contributed by atoms with van der Waals surface area (Å²) in [5.74, 6) is 0.316. The molecule has 1 fully saturated rings. The van der Waals surface area contributed by atoms with E-state index in [1.165, 1.54) is 16.4 Å². The number of hydrogen-bond acceptors (Lipinski definition) is 3. The summed E-state index contributed by atoms with van der Waals surface area (Å²) in [5, 5.41) is 3.03. The molecule has 0 aliphatic carbocycles. The van der Waals surface area contributed by atoms with Gasteiger partial charge in [-0.05, 0) is 49.8 Å². The van der Waals surface area contributed by atoms with Crippen LogP contribution in [0.3, 0.4) is 0 Å². The molecular weight excluding hydrogens is 360 g/mol. The minimum absolute atomic E-state index is 0.00752. The molecule has 2 unspecified atom stereocenters. The Kier molecular flexibility index (Phi) is 6.51. The first-order chi connectivity index (χ1) is 11.6. The van der Waals surface area contributed by atoms with E-state index in [9.17, 15) is 13.2 Å². The summed E-state index contributed by atoms with van der Waals surface area (Å²) in [5.41, 5.74) is 0.306. The van der Waals surface area contributed by atoms with E-state index in [2.05, 4.69) is 5.32 Å². The van der Waals surface area contributed by atoms with Gasteiger partial charge in [0.15, 0.2) is 0 Å². The van der Waals surface area contributed by atoms with Gasteiger partial charge in [0.2, 0.25) is 10.0 Å². The third-order valence-electron chi connectivity index (χ3n) is 4.79. The largest absolute Gasteiger partial charge is 0.349 e. The summed E-state index contributed by atoms with van der Waals surface area (Å²) >= 11 is 6.16. The molecule has 0 spiro atoms. The first-order valence-corrected chi connectivity index (χ1v) is 10.5. The van der Waals surface area contributed by atoms with Crippen molar-refractivity contribution in [2.75, 3.05) is 13.1 Å². The monoisotopic (exact) mass is 386 g/mol. The summed E-state index contributed by atoms with van der Waals surface area (Å²) < 4.78 is 27.4. The van der Waals surface area contributed by atoms with Gasteiger partial charge in [0, 0.05) is 24.7 Å². The average molecular weight is 387 g/mol. The number of piperidine rings is 1. The van der Waals surface area contributed by atoms with Crippen LogP contribution in [-0.2, 0) is 10.0 Å². The number of hydrogen-bond donors (Lipinski definition) is 1. The Morgan fingerprint density at radius 2 is 2.00 bits per heavy atom. The lowest BCUT2D eigenvalue weighted by atomic mass is 10.0. The number of rotatable bonds is 5. The highest BCUT2D eigenvalue weighted by atomic mass is 35.5. The topological polar surface area (TPSA) is 66.5 Å². The molecule has 1 aromatic rings. The Bertz CT molecular complexity index is 734. The van der Waals surface area contributed by atoms with Crippen molar-refractivity contribution in [2.24, 2.45) is 11.8 Å². The maximum Gasteiger partial charge on any atom is 0.251 e. The van der Waals surface area contributed by atoms with Gasteiger partial charge in [0.05, 0.1) is 5.02 Å². The maximum absolute atomic E-state index is 13.0. The van der Waals surface area contributed by atoms with Crippen LogP contribution in [0.4, 0.5) is 0 Å². The lowest BCUT2D eigenvalue weighted by Crippen LogP contribution is -2.39. The van der Waals surface area contributed by atoms with Gasteiger partial charge in [0.25, 0.3) is 5.91 Å². The molecule has 0 aromatic heterocycles. The molecule has 2 rings (SSSR count). The predicted octanol–water partition coefficient (Wildman–Crippen LogP) is 3.53. The van der Waals surface area contributed by atoms with E-state index in [-0.39, 0.29) is 27.8 Å². The van der Waals surface area contributed by atoms with Gasteiger partial charge in [0.1, 0.15) is 4.90 Å². The lowest BCUT2D eigenvalue weighted by molar-refractivity contribution is 0.0930. The molecule has 0 radical (unpaired) electrons. The van der Waals surface area contributed by atoms with Crippen LogP contribution in [0.2, 0.25) is 5.02 Å². The SMILES string of the molecule is CC1CCCN(S(=O)(=O)c2cc(C(=O)NC(C)C(C)C)ccc2Cl)C1. The quantitative estimate of drug-likeness (QED) is 0.841. The molecule has 1 aliphatic heterocycles. The second kappa shape index (κ2) is 8.06. The van der Waals surface area contributed by atoms with Gasteiger partial charge in [-0.1, -0.05) is 32.4 Å². The average Bonchev–Trinajstić information content (AvgIpc) is 2.54. The summed E-state index contributed by atoms with van der Waals surface area (Å²) in [7, 11) is -3.71. The van der Waals surface area contributed by atoms with Crippen LogP contribution in [0, 0.1) is 11.8 Å². The second-order valence-corrected chi connectivity index (χ2v) is 9.58. The molecule has 1 N–H and O–H groups in total. The van der Waals surface area contributed by atoms with E-state index in [4.69, 9.17) is 11.6 Å². The Hall–Kier alpha value is -1.11. The summed E-state index contributed by atoms with van der Waals surface area (Å²) in [6.07, 6.45) is 1.86. The van der Waals surface area contributed by atoms with Crippen LogP contribution < -0.4 is 5.32 Å². The van der Waals surface area contributed by atoms with Crippen LogP contribution in [0.1, 0.15) is 50.9 Å². The molecular formula is C18H27ClN2O3S. The number of carbonyl (C=O) groups excluding carboxylic acids is 1. The van der Waals surface area contributed by atoms with E-state index >= 15 is 0 Å². The van der Waals surface area contributed by atoms with Crippen molar-refractivity contribution in [3.8, 4) is 0 Å². The number of benzene rings is 1. The number of sulfonamides is 1. The van der Waals surface area contributed by atoms with E-state index in [1.807, 2.05) is 27.7 Å². The predicted molar refractivity (Wildman–Crippen MR) is 100 cm³/mol. The summed E-state index contributed by atoms with van der Waals surface area (Å²) in [6, 6.07) is 4.42. The van der Waals surface area contributed by atoms with Crippen molar-refractivity contribution in [1.29, 1.82) is 0 Å². The van der Waals surface area contributed by atoms with Gasteiger partial charge in [-0.2, -0.15) is 4.31 Å². The molecule has 1 saturated heterocycles. The molecule has 25 heavy (non-hydrogen) atoms. The molecule has 140 valence electrons. The van der Waals surface area contributed by atoms with Gasteiger partial charge < -0.3 is 5.32 Å². The maximum atomic E-state index is 13.0. The van der Waals surface area contributed by atoms with Crippen LogP contribution in [0.15, 0.2) is 23.1 Å². The molecule has 1 aliphatic rings. The first-order valence-electron chi connectivity index (χ1n) is 8.73. The third kappa shape index (κ3) is 4.74. The van der Waals surface area contributed by atoms with Gasteiger partial charge >= 0.3 is 0 Å². The standard InChI is InChI=1S/C18H27ClN2O3S/c1-12(2)14(4)20-18(22)15-7-8-16(19)17(10-15)25(23,24)21-9-5-6-13(3)11-21/h7-8,10,12-14H,5-6,9,11H2,1-4H3,(H,20,22). The number of carbonyl (C=O) groups is 1.